The summed E-state index contributed by atoms with van der Waals surface area (Å²) in [6.45, 7) is 6.44. The number of hydrogen-bond acceptors (Lipinski definition) is 3. The predicted octanol–water partition coefficient (Wildman–Crippen LogP) is 5.30. The summed E-state index contributed by atoms with van der Waals surface area (Å²) in [5, 5.41) is 15.9. The molecule has 4 heteroatoms. The second kappa shape index (κ2) is 7.28. The van der Waals surface area contributed by atoms with Crippen molar-refractivity contribution in [3.63, 3.8) is 0 Å². The molecule has 1 aliphatic heterocycles. The smallest absolute Gasteiger partial charge is 0.228 e. The van der Waals surface area contributed by atoms with Gasteiger partial charge in [-0.05, 0) is 91.4 Å². The van der Waals surface area contributed by atoms with Crippen molar-refractivity contribution < 1.29 is 9.90 Å². The van der Waals surface area contributed by atoms with E-state index in [1.54, 1.807) is 24.3 Å². The average Bonchev–Trinajstić information content (AvgIpc) is 2.98. The highest BCUT2D eigenvalue weighted by atomic mass is 16.3. The number of nitrogens with one attached hydrogen (secondary N) is 2. The van der Waals surface area contributed by atoms with Crippen LogP contribution in [0.5, 0.6) is 5.75 Å². The third kappa shape index (κ3) is 4.27. The van der Waals surface area contributed by atoms with E-state index in [0.717, 1.165) is 28.8 Å². The molecule has 148 valence electrons. The Hall–Kier alpha value is -3.27. The van der Waals surface area contributed by atoms with Crippen LogP contribution in [0.2, 0.25) is 0 Å². The van der Waals surface area contributed by atoms with E-state index >= 15 is 0 Å². The molecular formula is C25H26N2O2. The fourth-order valence-corrected chi connectivity index (χ4v) is 3.90. The van der Waals surface area contributed by atoms with Crippen molar-refractivity contribution in [1.29, 1.82) is 0 Å². The number of fused-ring (bicyclic) bond motifs is 1. The lowest BCUT2D eigenvalue weighted by molar-refractivity contribution is -0.115. The third-order valence-corrected chi connectivity index (χ3v) is 5.35. The van der Waals surface area contributed by atoms with Gasteiger partial charge in [0.05, 0.1) is 6.42 Å². The Kier molecular flexibility index (Phi) is 4.79. The number of aromatic hydroxyl groups is 1. The van der Waals surface area contributed by atoms with E-state index in [2.05, 4.69) is 54.8 Å². The number of anilines is 2. The molecule has 0 aliphatic carbocycles. The van der Waals surface area contributed by atoms with Crippen LogP contribution in [0.3, 0.4) is 0 Å². The molecule has 0 saturated heterocycles. The fourth-order valence-electron chi connectivity index (χ4n) is 3.90. The molecule has 0 aromatic heterocycles. The maximum Gasteiger partial charge on any atom is 0.228 e. The van der Waals surface area contributed by atoms with Gasteiger partial charge in [-0.2, -0.15) is 0 Å². The van der Waals surface area contributed by atoms with Crippen molar-refractivity contribution >= 4 is 17.3 Å². The monoisotopic (exact) mass is 386 g/mol. The number of aryl methyl sites for hydroxylation is 1. The zero-order valence-electron chi connectivity index (χ0n) is 17.0. The molecule has 29 heavy (non-hydrogen) atoms. The Morgan fingerprint density at radius 3 is 2.45 bits per heavy atom. The van der Waals surface area contributed by atoms with Crippen molar-refractivity contribution in [2.24, 2.45) is 0 Å². The van der Waals surface area contributed by atoms with Gasteiger partial charge in [0.2, 0.25) is 5.91 Å². The van der Waals surface area contributed by atoms with Crippen LogP contribution in [0.1, 0.15) is 30.5 Å². The maximum absolute atomic E-state index is 12.4. The molecule has 0 saturated carbocycles. The number of amides is 1. The first-order valence-electron chi connectivity index (χ1n) is 9.89. The molecule has 0 unspecified atom stereocenters. The van der Waals surface area contributed by atoms with Crippen LogP contribution in [0, 0.1) is 6.92 Å². The van der Waals surface area contributed by atoms with Crippen molar-refractivity contribution in [3.8, 4) is 16.9 Å². The van der Waals surface area contributed by atoms with Gasteiger partial charge in [-0.3, -0.25) is 4.79 Å². The summed E-state index contributed by atoms with van der Waals surface area (Å²) in [7, 11) is 0. The normalized spacial score (nSPS) is 14.2. The summed E-state index contributed by atoms with van der Waals surface area (Å²) in [4.78, 5) is 12.4. The van der Waals surface area contributed by atoms with Gasteiger partial charge in [-0.1, -0.05) is 24.3 Å². The second-order valence-corrected chi connectivity index (χ2v) is 8.48. The van der Waals surface area contributed by atoms with Gasteiger partial charge >= 0.3 is 0 Å². The highest BCUT2D eigenvalue weighted by molar-refractivity contribution is 5.93. The molecule has 3 N–H and O–H groups in total. The minimum atomic E-state index is -0.0719. The Labute approximate surface area is 171 Å². The zero-order valence-corrected chi connectivity index (χ0v) is 17.0. The van der Waals surface area contributed by atoms with E-state index < -0.39 is 0 Å². The fraction of sp³-hybridized carbons (Fsp3) is 0.240. The zero-order chi connectivity index (χ0) is 20.6. The summed E-state index contributed by atoms with van der Waals surface area (Å²) in [5.74, 6) is 0.129. The number of phenolic OH excluding ortho intramolecular Hbond substituents is 1. The van der Waals surface area contributed by atoms with Crippen LogP contribution >= 0.6 is 0 Å². The van der Waals surface area contributed by atoms with Gasteiger partial charge in [0.1, 0.15) is 5.75 Å². The Morgan fingerprint density at radius 2 is 1.72 bits per heavy atom. The van der Waals surface area contributed by atoms with Gasteiger partial charge < -0.3 is 15.7 Å². The largest absolute Gasteiger partial charge is 0.508 e. The van der Waals surface area contributed by atoms with E-state index in [1.165, 1.54) is 16.8 Å². The van der Waals surface area contributed by atoms with Crippen molar-refractivity contribution in [3.05, 3.63) is 77.4 Å². The van der Waals surface area contributed by atoms with Gasteiger partial charge in [0.25, 0.3) is 0 Å². The number of carbonyl (C=O) groups is 1. The van der Waals surface area contributed by atoms with Crippen LogP contribution in [-0.2, 0) is 17.6 Å². The number of phenols is 1. The molecule has 0 bridgehead atoms. The molecule has 0 fully saturated rings. The predicted molar refractivity (Wildman–Crippen MR) is 118 cm³/mol. The molecule has 1 amide bonds. The van der Waals surface area contributed by atoms with Gasteiger partial charge in [0.15, 0.2) is 0 Å². The molecule has 0 atom stereocenters. The first-order valence-corrected chi connectivity index (χ1v) is 9.89. The molecule has 0 radical (unpaired) electrons. The third-order valence-electron chi connectivity index (χ3n) is 5.35. The summed E-state index contributed by atoms with van der Waals surface area (Å²) < 4.78 is 0. The van der Waals surface area contributed by atoms with Crippen LogP contribution < -0.4 is 10.6 Å². The number of rotatable bonds is 4. The highest BCUT2D eigenvalue weighted by Gasteiger charge is 2.27. The minimum absolute atomic E-state index is 0.0719. The summed E-state index contributed by atoms with van der Waals surface area (Å²) in [5.41, 5.74) is 7.71. The molecular weight excluding hydrogens is 360 g/mol. The Bertz CT molecular complexity index is 1070. The van der Waals surface area contributed by atoms with E-state index in [9.17, 15) is 9.90 Å². The van der Waals surface area contributed by atoms with E-state index in [-0.39, 0.29) is 23.6 Å². The molecule has 4 nitrogen and oxygen atoms in total. The molecule has 0 spiro atoms. The second-order valence-electron chi connectivity index (χ2n) is 8.48. The van der Waals surface area contributed by atoms with Crippen LogP contribution in [0.15, 0.2) is 60.7 Å². The first kappa shape index (κ1) is 19.1. The van der Waals surface area contributed by atoms with E-state index in [0.29, 0.717) is 0 Å². The topological polar surface area (TPSA) is 61.4 Å². The van der Waals surface area contributed by atoms with Crippen LogP contribution in [-0.4, -0.2) is 16.6 Å². The van der Waals surface area contributed by atoms with Gasteiger partial charge in [0, 0.05) is 16.9 Å². The van der Waals surface area contributed by atoms with Crippen LogP contribution in [0.25, 0.3) is 11.1 Å². The molecule has 1 heterocycles. The van der Waals surface area contributed by atoms with Crippen molar-refractivity contribution in [1.82, 2.24) is 0 Å². The minimum Gasteiger partial charge on any atom is -0.508 e. The lowest BCUT2D eigenvalue weighted by Crippen LogP contribution is -2.26. The maximum atomic E-state index is 12.4. The van der Waals surface area contributed by atoms with E-state index in [4.69, 9.17) is 0 Å². The van der Waals surface area contributed by atoms with Crippen molar-refractivity contribution in [2.75, 3.05) is 10.6 Å². The van der Waals surface area contributed by atoms with Gasteiger partial charge in [-0.15, -0.1) is 0 Å². The van der Waals surface area contributed by atoms with Crippen molar-refractivity contribution in [2.45, 2.75) is 39.2 Å². The molecule has 3 aromatic carbocycles. The molecule has 3 aromatic rings. The molecule has 1 aliphatic rings. The molecule has 4 rings (SSSR count). The highest BCUT2D eigenvalue weighted by Crippen LogP contribution is 2.35. The first-order chi connectivity index (χ1) is 13.8. The summed E-state index contributed by atoms with van der Waals surface area (Å²) in [6, 6.07) is 19.4. The number of carbonyl (C=O) groups excluding carboxylic acids is 1. The van der Waals surface area contributed by atoms with E-state index in [1.807, 2.05) is 13.0 Å². The Balaban J connectivity index is 1.48. The van der Waals surface area contributed by atoms with Crippen LogP contribution in [0.4, 0.5) is 11.4 Å². The summed E-state index contributed by atoms with van der Waals surface area (Å²) >= 11 is 0. The number of hydrogen-bond donors (Lipinski definition) is 3. The summed E-state index contributed by atoms with van der Waals surface area (Å²) in [6.07, 6.45) is 1.29. The average molecular weight is 386 g/mol. The van der Waals surface area contributed by atoms with Gasteiger partial charge in [-0.25, -0.2) is 0 Å². The Morgan fingerprint density at radius 1 is 1.03 bits per heavy atom. The lowest BCUT2D eigenvalue weighted by atomic mass is 9.96. The standard InChI is InChI=1S/C25H26N2O2/c1-16-12-18(19-7-11-23-20(14-19)15-25(2,3)27-23)6-10-22(16)26-24(29)13-17-4-8-21(28)9-5-17/h4-12,14,27-28H,13,15H2,1-3H3,(H,26,29). The SMILES string of the molecule is Cc1cc(-c2ccc3c(c2)CC(C)(C)N3)ccc1NC(=O)Cc1ccc(O)cc1. The lowest BCUT2D eigenvalue weighted by Gasteiger charge is -2.17. The number of benzene rings is 3. The quantitative estimate of drug-likeness (QED) is 0.570.